The summed E-state index contributed by atoms with van der Waals surface area (Å²) in [4.78, 5) is 23.3. The molecule has 3 N–H and O–H groups in total. The van der Waals surface area contributed by atoms with Crippen LogP contribution in [0.3, 0.4) is 0 Å². The average Bonchev–Trinajstić information content (AvgIpc) is 3.14. The topological polar surface area (TPSA) is 96.5 Å². The van der Waals surface area contributed by atoms with Gasteiger partial charge >= 0.3 is 0 Å². The number of thiocarbonyl (C=S) groups is 1. The highest BCUT2D eigenvalue weighted by Crippen LogP contribution is 2.07. The smallest absolute Gasteiger partial charge is 0.273 e. The van der Waals surface area contributed by atoms with Gasteiger partial charge in [0.15, 0.2) is 5.11 Å². The fourth-order valence-corrected chi connectivity index (χ4v) is 1.68. The first-order chi connectivity index (χ1) is 10.6. The molecule has 0 saturated heterocycles. The fraction of sp³-hybridized carbons (Fsp3) is 0.0714. The minimum atomic E-state index is -0.456. The molecule has 0 atom stereocenters. The third kappa shape index (κ3) is 4.32. The summed E-state index contributed by atoms with van der Waals surface area (Å²) in [6, 6.07) is 4.94. The van der Waals surface area contributed by atoms with Gasteiger partial charge in [0.05, 0.1) is 18.1 Å². The maximum atomic E-state index is 11.8. The van der Waals surface area contributed by atoms with Gasteiger partial charge in [-0.05, 0) is 43.4 Å². The normalized spacial score (nSPS) is 10.4. The van der Waals surface area contributed by atoms with Crippen LogP contribution in [0, 0.1) is 6.92 Å². The maximum Gasteiger partial charge on any atom is 0.273 e. The Morgan fingerprint density at radius 1 is 1.18 bits per heavy atom. The summed E-state index contributed by atoms with van der Waals surface area (Å²) in [6.07, 6.45) is 5.65. The number of nitrogens with one attached hydrogen (secondary N) is 3. The predicted molar refractivity (Wildman–Crippen MR) is 82.5 cm³/mol. The standard InChI is InChI=1S/C14H13N3O4S/c1-9-11(6-8-20-9)13(19)16-17-14(22)15-12(18)5-4-10-3-2-7-21-10/h2-8H,1H3,(H,16,19)(H2,15,17,18,22)/b5-4+. The van der Waals surface area contributed by atoms with Crippen LogP contribution in [-0.2, 0) is 4.79 Å². The van der Waals surface area contributed by atoms with Crippen molar-refractivity contribution in [1.29, 1.82) is 0 Å². The molecule has 0 aromatic carbocycles. The largest absolute Gasteiger partial charge is 0.469 e. The van der Waals surface area contributed by atoms with E-state index in [1.165, 1.54) is 30.7 Å². The SMILES string of the molecule is Cc1occc1C(=O)NNC(=S)NC(=O)/C=C/c1ccco1. The molecule has 7 nitrogen and oxygen atoms in total. The molecule has 2 aromatic heterocycles. The van der Waals surface area contributed by atoms with Crippen molar-refractivity contribution in [1.82, 2.24) is 16.2 Å². The van der Waals surface area contributed by atoms with E-state index in [9.17, 15) is 9.59 Å². The predicted octanol–water partition coefficient (Wildman–Crippen LogP) is 1.53. The summed E-state index contributed by atoms with van der Waals surface area (Å²) in [7, 11) is 0. The van der Waals surface area contributed by atoms with Crippen LogP contribution >= 0.6 is 12.2 Å². The number of furan rings is 2. The monoisotopic (exact) mass is 319 g/mol. The average molecular weight is 319 g/mol. The zero-order valence-electron chi connectivity index (χ0n) is 11.6. The van der Waals surface area contributed by atoms with Crippen molar-refractivity contribution in [3.8, 4) is 0 Å². The Hall–Kier alpha value is -2.87. The van der Waals surface area contributed by atoms with Crippen molar-refractivity contribution in [3.63, 3.8) is 0 Å². The number of carbonyl (C=O) groups is 2. The van der Waals surface area contributed by atoms with Crippen molar-refractivity contribution in [2.45, 2.75) is 6.92 Å². The van der Waals surface area contributed by atoms with E-state index in [2.05, 4.69) is 16.2 Å². The maximum absolute atomic E-state index is 11.8. The lowest BCUT2D eigenvalue weighted by Gasteiger charge is -2.09. The minimum absolute atomic E-state index is 0.0383. The molecule has 0 spiro atoms. The Balaban J connectivity index is 1.77. The van der Waals surface area contributed by atoms with Crippen LogP contribution in [0.1, 0.15) is 21.9 Å². The van der Waals surface area contributed by atoms with E-state index in [4.69, 9.17) is 21.1 Å². The van der Waals surface area contributed by atoms with E-state index < -0.39 is 11.8 Å². The third-order valence-electron chi connectivity index (χ3n) is 2.57. The molecule has 8 heteroatoms. The molecule has 114 valence electrons. The molecule has 0 saturated carbocycles. The van der Waals surface area contributed by atoms with Crippen molar-refractivity contribution in [2.24, 2.45) is 0 Å². The zero-order valence-corrected chi connectivity index (χ0v) is 12.4. The van der Waals surface area contributed by atoms with Crippen molar-refractivity contribution >= 4 is 35.2 Å². The number of amides is 2. The molecule has 0 radical (unpaired) electrons. The number of hydrazine groups is 1. The Morgan fingerprint density at radius 3 is 2.64 bits per heavy atom. The van der Waals surface area contributed by atoms with Gasteiger partial charge in [-0.15, -0.1) is 0 Å². The number of hydrogen-bond acceptors (Lipinski definition) is 5. The Labute approximate surface area is 131 Å². The number of hydrogen-bond donors (Lipinski definition) is 3. The van der Waals surface area contributed by atoms with Crippen LogP contribution < -0.4 is 16.2 Å². The molecule has 2 heterocycles. The second kappa shape index (κ2) is 7.23. The van der Waals surface area contributed by atoms with Gasteiger partial charge in [0.25, 0.3) is 5.91 Å². The van der Waals surface area contributed by atoms with Crippen molar-refractivity contribution in [2.75, 3.05) is 0 Å². The van der Waals surface area contributed by atoms with Crippen molar-refractivity contribution in [3.05, 3.63) is 53.9 Å². The van der Waals surface area contributed by atoms with E-state index in [-0.39, 0.29) is 5.11 Å². The Morgan fingerprint density at radius 2 is 2.00 bits per heavy atom. The Kier molecular flexibility index (Phi) is 5.10. The highest BCUT2D eigenvalue weighted by atomic mass is 32.1. The summed E-state index contributed by atoms with van der Waals surface area (Å²) in [5, 5.41) is 2.33. The van der Waals surface area contributed by atoms with E-state index in [0.717, 1.165) is 0 Å². The number of carbonyl (C=O) groups excluding carboxylic acids is 2. The first-order valence-electron chi connectivity index (χ1n) is 6.23. The summed E-state index contributed by atoms with van der Waals surface area (Å²) < 4.78 is 10.1. The molecular formula is C14H13N3O4S. The molecule has 0 aliphatic rings. The van der Waals surface area contributed by atoms with Crippen LogP contribution in [0.15, 0.2) is 45.6 Å². The van der Waals surface area contributed by atoms with Gasteiger partial charge in [-0.25, -0.2) is 0 Å². The van der Waals surface area contributed by atoms with Gasteiger partial charge in [0.1, 0.15) is 11.5 Å². The lowest BCUT2D eigenvalue weighted by Crippen LogP contribution is -2.48. The van der Waals surface area contributed by atoms with E-state index in [0.29, 0.717) is 17.1 Å². The quantitative estimate of drug-likeness (QED) is 0.451. The number of aryl methyl sites for hydroxylation is 1. The van der Waals surface area contributed by atoms with Gasteiger partial charge in [0.2, 0.25) is 5.91 Å². The van der Waals surface area contributed by atoms with Crippen LogP contribution in [0.2, 0.25) is 0 Å². The van der Waals surface area contributed by atoms with Gasteiger partial charge in [-0.3, -0.25) is 25.8 Å². The zero-order chi connectivity index (χ0) is 15.9. The summed E-state index contributed by atoms with van der Waals surface area (Å²) in [5.74, 6) is 0.144. The lowest BCUT2D eigenvalue weighted by molar-refractivity contribution is -0.115. The van der Waals surface area contributed by atoms with Gasteiger partial charge in [-0.1, -0.05) is 0 Å². The summed E-state index contributed by atoms with van der Waals surface area (Å²) in [5.41, 5.74) is 5.15. The van der Waals surface area contributed by atoms with Crippen LogP contribution in [0.4, 0.5) is 0 Å². The fourth-order valence-electron chi connectivity index (χ4n) is 1.53. The number of rotatable bonds is 3. The van der Waals surface area contributed by atoms with Crippen LogP contribution in [0.5, 0.6) is 0 Å². The molecule has 0 aliphatic carbocycles. The van der Waals surface area contributed by atoms with Gasteiger partial charge in [0, 0.05) is 6.08 Å². The minimum Gasteiger partial charge on any atom is -0.469 e. The molecule has 22 heavy (non-hydrogen) atoms. The van der Waals surface area contributed by atoms with E-state index in [1.807, 2.05) is 0 Å². The third-order valence-corrected chi connectivity index (χ3v) is 2.78. The lowest BCUT2D eigenvalue weighted by atomic mass is 10.2. The molecule has 2 aromatic rings. The highest BCUT2D eigenvalue weighted by Gasteiger charge is 2.11. The molecule has 0 aliphatic heterocycles. The van der Waals surface area contributed by atoms with Crippen molar-refractivity contribution < 1.29 is 18.4 Å². The molecule has 0 bridgehead atoms. The Bertz CT molecular complexity index is 704. The van der Waals surface area contributed by atoms with Gasteiger partial charge in [-0.2, -0.15) is 0 Å². The highest BCUT2D eigenvalue weighted by molar-refractivity contribution is 7.80. The molecule has 0 unspecified atom stereocenters. The van der Waals surface area contributed by atoms with Crippen LogP contribution in [0.25, 0.3) is 6.08 Å². The van der Waals surface area contributed by atoms with E-state index >= 15 is 0 Å². The molecular weight excluding hydrogens is 306 g/mol. The second-order valence-electron chi connectivity index (χ2n) is 4.14. The second-order valence-corrected chi connectivity index (χ2v) is 4.54. The van der Waals surface area contributed by atoms with Gasteiger partial charge < -0.3 is 8.83 Å². The summed E-state index contributed by atoms with van der Waals surface area (Å²) >= 11 is 4.89. The molecule has 2 rings (SSSR count). The summed E-state index contributed by atoms with van der Waals surface area (Å²) in [6.45, 7) is 1.66. The molecule has 0 fully saturated rings. The first-order valence-corrected chi connectivity index (χ1v) is 6.64. The first kappa shape index (κ1) is 15.5. The van der Waals surface area contributed by atoms with E-state index in [1.54, 1.807) is 19.1 Å². The molecule has 2 amide bonds. The van der Waals surface area contributed by atoms with Crippen LogP contribution in [-0.4, -0.2) is 16.9 Å².